The number of benzene rings is 1. The number of nitrogens with one attached hydrogen (secondary N) is 2. The largest absolute Gasteiger partial charge is 0.468 e. The number of esters is 1. The molecule has 11 nitrogen and oxygen atoms in total. The summed E-state index contributed by atoms with van der Waals surface area (Å²) in [6, 6.07) is 2.55. The van der Waals surface area contributed by atoms with Crippen LogP contribution in [0.4, 0.5) is 4.79 Å². The summed E-state index contributed by atoms with van der Waals surface area (Å²) in [4.78, 5) is 64.9. The predicted octanol–water partition coefficient (Wildman–Crippen LogP) is 1.64. The molecular weight excluding hydrogens is 480 g/mol. The standard InChI is InChI=1S/C26H38N4O7/c1-14-8-9-17(10-15(14)2)22(23(33)28-13-21(32)36-7)30(19-11-16(19)3)24(34)18(12-20(27)31)29-25(35)37-26(4,5)6/h8-10,16,18-19,22H,11-13H2,1-7H3,(H2,27,31)(H,28,33)(H,29,35). The minimum absolute atomic E-state index is 0.0714. The maximum absolute atomic E-state index is 13.9. The third kappa shape index (κ3) is 8.47. The van der Waals surface area contributed by atoms with Crippen LogP contribution in [0.2, 0.25) is 0 Å². The number of amides is 4. The van der Waals surface area contributed by atoms with Crippen molar-refractivity contribution >= 4 is 29.8 Å². The molecule has 1 aromatic carbocycles. The first-order chi connectivity index (χ1) is 17.1. The van der Waals surface area contributed by atoms with E-state index in [9.17, 15) is 24.0 Å². The lowest BCUT2D eigenvalue weighted by molar-refractivity contribution is -0.146. The normalized spacial score (nSPS) is 18.1. The number of rotatable bonds is 10. The first kappa shape index (κ1) is 29.6. The SMILES string of the molecule is COC(=O)CNC(=O)C(c1ccc(C)c(C)c1)N(C(=O)C(CC(N)=O)NC(=O)OC(C)(C)C)C1CC1C. The Morgan fingerprint density at radius 2 is 1.76 bits per heavy atom. The van der Waals surface area contributed by atoms with E-state index in [0.29, 0.717) is 12.0 Å². The number of nitrogens with two attached hydrogens (primary N) is 1. The van der Waals surface area contributed by atoms with Crippen molar-refractivity contribution in [3.8, 4) is 0 Å². The van der Waals surface area contributed by atoms with Crippen LogP contribution in [-0.4, -0.2) is 66.0 Å². The number of ether oxygens (including phenoxy) is 2. The third-order valence-corrected chi connectivity index (χ3v) is 6.08. The molecule has 0 saturated heterocycles. The number of nitrogens with zero attached hydrogens (tertiary/aromatic N) is 1. The van der Waals surface area contributed by atoms with Gasteiger partial charge in [0.2, 0.25) is 17.7 Å². The summed E-state index contributed by atoms with van der Waals surface area (Å²) in [6.45, 7) is 10.3. The molecule has 4 amide bonds. The van der Waals surface area contributed by atoms with Gasteiger partial charge in [0.1, 0.15) is 24.2 Å². The van der Waals surface area contributed by atoms with Crippen LogP contribution in [0.1, 0.15) is 63.3 Å². The maximum Gasteiger partial charge on any atom is 0.408 e. The molecule has 4 N–H and O–H groups in total. The summed E-state index contributed by atoms with van der Waals surface area (Å²) in [5.41, 5.74) is 6.98. The van der Waals surface area contributed by atoms with Crippen molar-refractivity contribution < 1.29 is 33.4 Å². The summed E-state index contributed by atoms with van der Waals surface area (Å²) >= 11 is 0. The quantitative estimate of drug-likeness (QED) is 0.397. The summed E-state index contributed by atoms with van der Waals surface area (Å²) in [5.74, 6) is -2.65. The van der Waals surface area contributed by atoms with Gasteiger partial charge in [0.25, 0.3) is 0 Å². The highest BCUT2D eigenvalue weighted by Gasteiger charge is 2.48. The van der Waals surface area contributed by atoms with Gasteiger partial charge in [0, 0.05) is 6.04 Å². The molecule has 1 saturated carbocycles. The number of methoxy groups -OCH3 is 1. The van der Waals surface area contributed by atoms with Crippen molar-refractivity contribution in [1.29, 1.82) is 0 Å². The number of carbonyl (C=O) groups excluding carboxylic acids is 5. The van der Waals surface area contributed by atoms with E-state index in [-0.39, 0.29) is 18.5 Å². The first-order valence-electron chi connectivity index (χ1n) is 12.2. The van der Waals surface area contributed by atoms with Gasteiger partial charge >= 0.3 is 12.1 Å². The van der Waals surface area contributed by atoms with E-state index in [4.69, 9.17) is 10.5 Å². The number of alkyl carbamates (subject to hydrolysis) is 1. The van der Waals surface area contributed by atoms with Gasteiger partial charge in [-0.1, -0.05) is 25.1 Å². The monoisotopic (exact) mass is 518 g/mol. The number of aryl methyl sites for hydroxylation is 2. The highest BCUT2D eigenvalue weighted by Crippen LogP contribution is 2.41. The average Bonchev–Trinajstić information content (AvgIpc) is 3.50. The van der Waals surface area contributed by atoms with Gasteiger partial charge in [-0.2, -0.15) is 0 Å². The molecule has 1 aliphatic carbocycles. The lowest BCUT2D eigenvalue weighted by Gasteiger charge is -2.35. The molecule has 0 aliphatic heterocycles. The molecule has 2 rings (SSSR count). The summed E-state index contributed by atoms with van der Waals surface area (Å²) < 4.78 is 9.90. The number of primary amides is 1. The molecule has 1 fully saturated rings. The third-order valence-electron chi connectivity index (χ3n) is 6.08. The Hall–Kier alpha value is -3.63. The first-order valence-corrected chi connectivity index (χ1v) is 12.2. The molecule has 204 valence electrons. The van der Waals surface area contributed by atoms with E-state index < -0.39 is 53.9 Å². The highest BCUT2D eigenvalue weighted by atomic mass is 16.6. The molecule has 4 unspecified atom stereocenters. The van der Waals surface area contributed by atoms with Gasteiger partial charge in [0.15, 0.2) is 0 Å². The van der Waals surface area contributed by atoms with Gasteiger partial charge < -0.3 is 30.7 Å². The van der Waals surface area contributed by atoms with Gasteiger partial charge in [-0.15, -0.1) is 0 Å². The Morgan fingerprint density at radius 3 is 2.24 bits per heavy atom. The second-order valence-electron chi connectivity index (χ2n) is 10.4. The summed E-state index contributed by atoms with van der Waals surface area (Å²) in [5, 5.41) is 4.99. The predicted molar refractivity (Wildman–Crippen MR) is 135 cm³/mol. The lowest BCUT2D eigenvalue weighted by Crippen LogP contribution is -2.55. The summed E-state index contributed by atoms with van der Waals surface area (Å²) in [6.07, 6.45) is -0.764. The fourth-order valence-electron chi connectivity index (χ4n) is 3.90. The van der Waals surface area contributed by atoms with Gasteiger partial charge in [0.05, 0.1) is 13.5 Å². The highest BCUT2D eigenvalue weighted by molar-refractivity contribution is 5.95. The van der Waals surface area contributed by atoms with Crippen molar-refractivity contribution in [3.63, 3.8) is 0 Å². The molecule has 0 aromatic heterocycles. The van der Waals surface area contributed by atoms with Crippen molar-refractivity contribution in [2.24, 2.45) is 11.7 Å². The van der Waals surface area contributed by atoms with Crippen LogP contribution in [0.15, 0.2) is 18.2 Å². The van der Waals surface area contributed by atoms with Crippen molar-refractivity contribution in [2.75, 3.05) is 13.7 Å². The Bertz CT molecular complexity index is 1050. The van der Waals surface area contributed by atoms with Crippen LogP contribution in [0, 0.1) is 19.8 Å². The van der Waals surface area contributed by atoms with Gasteiger partial charge in [-0.05, 0) is 63.6 Å². The Kier molecular flexibility index (Phi) is 9.66. The van der Waals surface area contributed by atoms with Crippen molar-refractivity contribution in [3.05, 3.63) is 34.9 Å². The van der Waals surface area contributed by atoms with Gasteiger partial charge in [-0.25, -0.2) is 4.79 Å². The zero-order chi connectivity index (χ0) is 28.1. The smallest absolute Gasteiger partial charge is 0.408 e. The minimum atomic E-state index is -1.36. The zero-order valence-corrected chi connectivity index (χ0v) is 22.5. The molecule has 37 heavy (non-hydrogen) atoms. The van der Waals surface area contributed by atoms with Crippen LogP contribution in [0.25, 0.3) is 0 Å². The minimum Gasteiger partial charge on any atom is -0.468 e. The second kappa shape index (κ2) is 12.1. The van der Waals surface area contributed by atoms with Crippen LogP contribution < -0.4 is 16.4 Å². The molecular formula is C26H38N4O7. The Morgan fingerprint density at radius 1 is 1.14 bits per heavy atom. The second-order valence-corrected chi connectivity index (χ2v) is 10.4. The van der Waals surface area contributed by atoms with Gasteiger partial charge in [-0.3, -0.25) is 19.2 Å². The molecule has 0 radical (unpaired) electrons. The topological polar surface area (TPSA) is 157 Å². The molecule has 4 atom stereocenters. The fourth-order valence-corrected chi connectivity index (χ4v) is 3.90. The molecule has 11 heteroatoms. The van der Waals surface area contributed by atoms with Crippen LogP contribution in [-0.2, 0) is 28.7 Å². The van der Waals surface area contributed by atoms with E-state index in [1.807, 2.05) is 26.8 Å². The van der Waals surface area contributed by atoms with E-state index in [1.165, 1.54) is 12.0 Å². The van der Waals surface area contributed by atoms with Crippen LogP contribution >= 0.6 is 0 Å². The zero-order valence-electron chi connectivity index (χ0n) is 22.5. The molecule has 0 bridgehead atoms. The molecule has 0 spiro atoms. The molecule has 1 aliphatic rings. The number of hydrogen-bond acceptors (Lipinski definition) is 7. The Labute approximate surface area is 217 Å². The molecule has 1 aromatic rings. The fraction of sp³-hybridized carbons (Fsp3) is 0.577. The average molecular weight is 519 g/mol. The van der Waals surface area contributed by atoms with Crippen molar-refractivity contribution in [1.82, 2.24) is 15.5 Å². The van der Waals surface area contributed by atoms with Crippen molar-refractivity contribution in [2.45, 2.75) is 78.1 Å². The van der Waals surface area contributed by atoms with E-state index in [1.54, 1.807) is 32.9 Å². The number of carbonyl (C=O) groups is 5. The lowest BCUT2D eigenvalue weighted by atomic mass is 9.97. The summed E-state index contributed by atoms with van der Waals surface area (Å²) in [7, 11) is 1.20. The molecule has 0 heterocycles. The van der Waals surface area contributed by atoms with E-state index in [2.05, 4.69) is 15.4 Å². The maximum atomic E-state index is 13.9. The van der Waals surface area contributed by atoms with E-state index in [0.717, 1.165) is 11.1 Å². The van der Waals surface area contributed by atoms with E-state index >= 15 is 0 Å². The Balaban J connectivity index is 2.52. The van der Waals surface area contributed by atoms with Crippen LogP contribution in [0.5, 0.6) is 0 Å². The number of hydrogen-bond donors (Lipinski definition) is 3. The van der Waals surface area contributed by atoms with Crippen LogP contribution in [0.3, 0.4) is 0 Å².